The summed E-state index contributed by atoms with van der Waals surface area (Å²) in [5.41, 5.74) is 0. The van der Waals surface area contributed by atoms with Crippen LogP contribution >= 0.6 is 24.0 Å². The van der Waals surface area contributed by atoms with Crippen molar-refractivity contribution in [2.45, 2.75) is 12.8 Å². The van der Waals surface area contributed by atoms with Crippen LogP contribution in [0.1, 0.15) is 12.2 Å². The van der Waals surface area contributed by atoms with E-state index < -0.39 is 0 Å². The summed E-state index contributed by atoms with van der Waals surface area (Å²) in [5, 5.41) is 6.47. The van der Waals surface area contributed by atoms with Crippen LogP contribution in [0.3, 0.4) is 0 Å². The average molecular weight is 411 g/mol. The summed E-state index contributed by atoms with van der Waals surface area (Å²) in [6.45, 7) is 3.63. The number of nitrogens with zero attached hydrogens (tertiary/aromatic N) is 1. The van der Waals surface area contributed by atoms with Gasteiger partial charge in [0.1, 0.15) is 5.76 Å². The zero-order valence-electron chi connectivity index (χ0n) is 12.8. The Labute approximate surface area is 143 Å². The molecule has 1 aromatic heterocycles. The van der Waals surface area contributed by atoms with Gasteiger partial charge < -0.3 is 24.5 Å². The predicted molar refractivity (Wildman–Crippen MR) is 94.5 cm³/mol. The largest absolute Gasteiger partial charge is 0.469 e. The molecule has 0 unspecified atom stereocenters. The van der Waals surface area contributed by atoms with Crippen molar-refractivity contribution in [3.63, 3.8) is 0 Å². The molecule has 0 fully saturated rings. The second-order valence-corrected chi connectivity index (χ2v) is 4.21. The Kier molecular flexibility index (Phi) is 13.6. The molecule has 21 heavy (non-hydrogen) atoms. The summed E-state index contributed by atoms with van der Waals surface area (Å²) in [6.07, 6.45) is 3.46. The lowest BCUT2D eigenvalue weighted by Crippen LogP contribution is -2.39. The van der Waals surface area contributed by atoms with E-state index in [9.17, 15) is 0 Å². The molecule has 0 saturated heterocycles. The third kappa shape index (κ3) is 10.6. The highest BCUT2D eigenvalue weighted by Crippen LogP contribution is 1.99. The summed E-state index contributed by atoms with van der Waals surface area (Å²) in [7, 11) is 3.43. The van der Waals surface area contributed by atoms with E-state index in [1.165, 1.54) is 0 Å². The molecule has 0 saturated carbocycles. The van der Waals surface area contributed by atoms with Gasteiger partial charge in [0, 0.05) is 40.3 Å². The Morgan fingerprint density at radius 2 is 2.05 bits per heavy atom. The van der Waals surface area contributed by atoms with Crippen LogP contribution in [-0.2, 0) is 15.9 Å². The van der Waals surface area contributed by atoms with Crippen molar-refractivity contribution in [1.29, 1.82) is 0 Å². The highest BCUT2D eigenvalue weighted by Gasteiger charge is 1.99. The number of furan rings is 1. The summed E-state index contributed by atoms with van der Waals surface area (Å²) in [4.78, 5) is 4.16. The molecule has 0 aromatic carbocycles. The molecule has 1 heterocycles. The van der Waals surface area contributed by atoms with E-state index >= 15 is 0 Å². The van der Waals surface area contributed by atoms with Crippen molar-refractivity contribution < 1.29 is 13.9 Å². The van der Waals surface area contributed by atoms with Crippen LogP contribution in [0.4, 0.5) is 0 Å². The number of hydrogen-bond donors (Lipinski definition) is 2. The average Bonchev–Trinajstić information content (AvgIpc) is 2.97. The Morgan fingerprint density at radius 1 is 1.24 bits per heavy atom. The van der Waals surface area contributed by atoms with E-state index in [1.807, 2.05) is 12.1 Å². The third-order valence-electron chi connectivity index (χ3n) is 2.66. The van der Waals surface area contributed by atoms with Gasteiger partial charge in [0.25, 0.3) is 0 Å². The van der Waals surface area contributed by atoms with Gasteiger partial charge >= 0.3 is 0 Å². The number of nitrogens with one attached hydrogen (secondary N) is 2. The Balaban J connectivity index is 0.00000400. The molecule has 0 atom stereocenters. The summed E-state index contributed by atoms with van der Waals surface area (Å²) >= 11 is 0. The minimum Gasteiger partial charge on any atom is -0.469 e. The zero-order chi connectivity index (χ0) is 14.5. The number of rotatable bonds is 10. The van der Waals surface area contributed by atoms with E-state index in [2.05, 4.69) is 15.6 Å². The quantitative estimate of drug-likeness (QED) is 0.265. The number of methoxy groups -OCH3 is 1. The molecule has 122 valence electrons. The Hall–Kier alpha value is -0.800. The number of halogens is 1. The first-order valence-electron chi connectivity index (χ1n) is 6.90. The number of guanidine groups is 1. The van der Waals surface area contributed by atoms with Crippen molar-refractivity contribution in [3.8, 4) is 0 Å². The van der Waals surface area contributed by atoms with Gasteiger partial charge in [-0.05, 0) is 18.6 Å². The van der Waals surface area contributed by atoms with Gasteiger partial charge in [-0.3, -0.25) is 4.99 Å². The van der Waals surface area contributed by atoms with Gasteiger partial charge in [0.05, 0.1) is 19.5 Å². The first-order chi connectivity index (χ1) is 9.86. The lowest BCUT2D eigenvalue weighted by atomic mass is 10.3. The van der Waals surface area contributed by atoms with Crippen molar-refractivity contribution in [1.82, 2.24) is 10.6 Å². The second-order valence-electron chi connectivity index (χ2n) is 4.21. The van der Waals surface area contributed by atoms with Gasteiger partial charge in [-0.1, -0.05) is 0 Å². The van der Waals surface area contributed by atoms with Crippen LogP contribution in [-0.4, -0.2) is 53.0 Å². The summed E-state index contributed by atoms with van der Waals surface area (Å²) in [5.74, 6) is 1.77. The van der Waals surface area contributed by atoms with E-state index in [1.54, 1.807) is 20.4 Å². The molecule has 0 amide bonds. The molecule has 0 bridgehead atoms. The summed E-state index contributed by atoms with van der Waals surface area (Å²) in [6, 6.07) is 3.86. The van der Waals surface area contributed by atoms with Crippen LogP contribution in [0, 0.1) is 0 Å². The minimum atomic E-state index is 0. The number of ether oxygens (including phenoxy) is 2. The molecule has 6 nitrogen and oxygen atoms in total. The van der Waals surface area contributed by atoms with Gasteiger partial charge in [0.15, 0.2) is 5.96 Å². The van der Waals surface area contributed by atoms with Gasteiger partial charge in [-0.2, -0.15) is 0 Å². The third-order valence-corrected chi connectivity index (χ3v) is 2.66. The molecular weight excluding hydrogens is 385 g/mol. The molecule has 0 aliphatic heterocycles. The molecule has 7 heteroatoms. The van der Waals surface area contributed by atoms with E-state index in [-0.39, 0.29) is 24.0 Å². The van der Waals surface area contributed by atoms with E-state index in [0.29, 0.717) is 13.2 Å². The maximum absolute atomic E-state index is 5.38. The van der Waals surface area contributed by atoms with Crippen LogP contribution in [0.2, 0.25) is 0 Å². The highest BCUT2D eigenvalue weighted by atomic mass is 127. The van der Waals surface area contributed by atoms with Crippen LogP contribution in [0.15, 0.2) is 27.8 Å². The Morgan fingerprint density at radius 3 is 2.71 bits per heavy atom. The smallest absolute Gasteiger partial charge is 0.190 e. The number of hydrogen-bond acceptors (Lipinski definition) is 4. The van der Waals surface area contributed by atoms with E-state index in [0.717, 1.165) is 44.3 Å². The maximum Gasteiger partial charge on any atom is 0.190 e. The van der Waals surface area contributed by atoms with Crippen LogP contribution < -0.4 is 10.6 Å². The first-order valence-corrected chi connectivity index (χ1v) is 6.90. The number of aliphatic imine (C=N–C) groups is 1. The van der Waals surface area contributed by atoms with Crippen molar-refractivity contribution >= 4 is 29.9 Å². The molecule has 0 aliphatic rings. The maximum atomic E-state index is 5.38. The molecule has 2 N–H and O–H groups in total. The Bertz CT molecular complexity index is 358. The highest BCUT2D eigenvalue weighted by molar-refractivity contribution is 14.0. The normalized spacial score (nSPS) is 11.0. The SMILES string of the molecule is CN=C(NCCCOCCOC)NCCc1ccco1.I. The molecule has 1 aromatic rings. The zero-order valence-corrected chi connectivity index (χ0v) is 15.1. The van der Waals surface area contributed by atoms with Gasteiger partial charge in [-0.15, -0.1) is 24.0 Å². The standard InChI is InChI=1S/C14H25N3O3.HI/c1-15-14(16-7-4-9-19-12-11-18-2)17-8-6-13-5-3-10-20-13;/h3,5,10H,4,6-9,11-12H2,1-2H3,(H2,15,16,17);1H. The van der Waals surface area contributed by atoms with E-state index in [4.69, 9.17) is 13.9 Å². The van der Waals surface area contributed by atoms with Crippen molar-refractivity contribution in [2.24, 2.45) is 4.99 Å². The predicted octanol–water partition coefficient (Wildman–Crippen LogP) is 1.66. The summed E-state index contributed by atoms with van der Waals surface area (Å²) < 4.78 is 15.6. The fourth-order valence-electron chi connectivity index (χ4n) is 1.60. The second kappa shape index (κ2) is 14.2. The molecule has 0 aliphatic carbocycles. The molecule has 1 rings (SSSR count). The molecule has 0 radical (unpaired) electrons. The van der Waals surface area contributed by atoms with Crippen molar-refractivity contribution in [2.75, 3.05) is 47.1 Å². The van der Waals surface area contributed by atoms with Gasteiger partial charge in [-0.25, -0.2) is 0 Å². The first kappa shape index (κ1) is 20.2. The fourth-order valence-corrected chi connectivity index (χ4v) is 1.60. The van der Waals surface area contributed by atoms with Gasteiger partial charge in [0.2, 0.25) is 0 Å². The molecular formula is C14H26IN3O3. The molecule has 0 spiro atoms. The van der Waals surface area contributed by atoms with Crippen LogP contribution in [0.5, 0.6) is 0 Å². The lowest BCUT2D eigenvalue weighted by molar-refractivity contribution is 0.0698. The minimum absolute atomic E-state index is 0. The monoisotopic (exact) mass is 411 g/mol. The fraction of sp³-hybridized carbons (Fsp3) is 0.643. The van der Waals surface area contributed by atoms with Crippen molar-refractivity contribution in [3.05, 3.63) is 24.2 Å². The topological polar surface area (TPSA) is 68.0 Å². The lowest BCUT2D eigenvalue weighted by Gasteiger charge is -2.11. The van der Waals surface area contributed by atoms with Crippen LogP contribution in [0.25, 0.3) is 0 Å².